The van der Waals surface area contributed by atoms with E-state index in [9.17, 15) is 0 Å². The Bertz CT molecular complexity index is 500. The molecule has 0 bridgehead atoms. The van der Waals surface area contributed by atoms with Crippen LogP contribution >= 0.6 is 0 Å². The molecule has 88 valence electrons. The van der Waals surface area contributed by atoms with Crippen molar-refractivity contribution in [2.24, 2.45) is 0 Å². The van der Waals surface area contributed by atoms with Crippen LogP contribution < -0.4 is 0 Å². The molecule has 17 heavy (non-hydrogen) atoms. The smallest absolute Gasteiger partial charge is 0.0946 e. The molecule has 0 unspecified atom stereocenters. The van der Waals surface area contributed by atoms with E-state index in [-0.39, 0.29) is 0 Å². The van der Waals surface area contributed by atoms with Gasteiger partial charge in [-0.05, 0) is 41.9 Å². The molecule has 0 radical (unpaired) electrons. The Balaban J connectivity index is 1.74. The number of hydrogen-bond acceptors (Lipinski definition) is 1. The second-order valence-electron chi connectivity index (χ2n) is 5.02. The molecule has 1 heterocycles. The maximum Gasteiger partial charge on any atom is 0.0946 e. The number of hydrogen-bond donors (Lipinski definition) is 0. The van der Waals surface area contributed by atoms with Gasteiger partial charge in [-0.25, -0.2) is 4.98 Å². The minimum absolute atomic E-state index is 0.748. The molecule has 0 N–H and O–H groups in total. The first-order valence-corrected chi connectivity index (χ1v) is 6.40. The second kappa shape index (κ2) is 4.36. The first-order valence-electron chi connectivity index (χ1n) is 6.40. The summed E-state index contributed by atoms with van der Waals surface area (Å²) < 4.78 is 2.14. The first-order chi connectivity index (χ1) is 8.33. The normalized spacial score (nSPS) is 18.3. The third-order valence-corrected chi connectivity index (χ3v) is 3.81. The zero-order valence-electron chi connectivity index (χ0n) is 10.3. The lowest BCUT2D eigenvalue weighted by molar-refractivity contribution is 0.694. The Morgan fingerprint density at radius 1 is 1.41 bits per heavy atom. The maximum absolute atomic E-state index is 4.07. The SMILES string of the molecule is C[C@H]1CCc2ccc(CCn3ccnc3)cc21. The number of aromatic nitrogens is 2. The van der Waals surface area contributed by atoms with Gasteiger partial charge in [0.2, 0.25) is 0 Å². The van der Waals surface area contributed by atoms with Crippen LogP contribution in [-0.2, 0) is 19.4 Å². The summed E-state index contributed by atoms with van der Waals surface area (Å²) in [6.45, 7) is 3.36. The Morgan fingerprint density at radius 2 is 2.35 bits per heavy atom. The van der Waals surface area contributed by atoms with E-state index in [1.807, 2.05) is 18.7 Å². The highest BCUT2D eigenvalue weighted by molar-refractivity contribution is 5.38. The predicted molar refractivity (Wildman–Crippen MR) is 69.1 cm³/mol. The van der Waals surface area contributed by atoms with Crippen LogP contribution in [0.15, 0.2) is 36.9 Å². The number of aryl methyl sites for hydroxylation is 3. The van der Waals surface area contributed by atoms with Crippen molar-refractivity contribution in [3.63, 3.8) is 0 Å². The first kappa shape index (κ1) is 10.6. The van der Waals surface area contributed by atoms with Gasteiger partial charge in [0.1, 0.15) is 0 Å². The molecule has 0 aliphatic heterocycles. The molecule has 1 aromatic heterocycles. The summed E-state index contributed by atoms with van der Waals surface area (Å²) in [6, 6.07) is 7.01. The molecule has 0 saturated heterocycles. The van der Waals surface area contributed by atoms with E-state index < -0.39 is 0 Å². The molecule has 0 fully saturated rings. The molecule has 1 aliphatic carbocycles. The third-order valence-electron chi connectivity index (χ3n) is 3.81. The highest BCUT2D eigenvalue weighted by atomic mass is 15.0. The zero-order valence-corrected chi connectivity index (χ0v) is 10.3. The zero-order chi connectivity index (χ0) is 11.7. The summed E-state index contributed by atoms with van der Waals surface area (Å²) in [5.41, 5.74) is 4.59. The fourth-order valence-electron chi connectivity index (χ4n) is 2.69. The van der Waals surface area contributed by atoms with Crippen molar-refractivity contribution in [2.45, 2.75) is 38.6 Å². The Morgan fingerprint density at radius 3 is 3.18 bits per heavy atom. The predicted octanol–water partition coefficient (Wildman–Crippen LogP) is 3.18. The van der Waals surface area contributed by atoms with Gasteiger partial charge in [0.05, 0.1) is 6.33 Å². The molecule has 2 nitrogen and oxygen atoms in total. The number of rotatable bonds is 3. The largest absolute Gasteiger partial charge is 0.337 e. The molecular weight excluding hydrogens is 208 g/mol. The van der Waals surface area contributed by atoms with Gasteiger partial charge >= 0.3 is 0 Å². The van der Waals surface area contributed by atoms with E-state index in [1.165, 1.54) is 18.4 Å². The van der Waals surface area contributed by atoms with E-state index in [0.717, 1.165) is 18.9 Å². The highest BCUT2D eigenvalue weighted by Gasteiger charge is 2.18. The van der Waals surface area contributed by atoms with Gasteiger partial charge in [-0.1, -0.05) is 25.1 Å². The van der Waals surface area contributed by atoms with Crippen LogP contribution in [0.4, 0.5) is 0 Å². The fourth-order valence-corrected chi connectivity index (χ4v) is 2.69. The molecule has 2 aromatic rings. The number of fused-ring (bicyclic) bond motifs is 1. The van der Waals surface area contributed by atoms with E-state index in [4.69, 9.17) is 0 Å². The lowest BCUT2D eigenvalue weighted by Crippen LogP contribution is -1.99. The van der Waals surface area contributed by atoms with Gasteiger partial charge < -0.3 is 4.57 Å². The summed E-state index contributed by atoms with van der Waals surface area (Å²) in [7, 11) is 0. The second-order valence-corrected chi connectivity index (χ2v) is 5.02. The van der Waals surface area contributed by atoms with Crippen molar-refractivity contribution in [1.29, 1.82) is 0 Å². The molecule has 1 aliphatic rings. The molecule has 0 saturated carbocycles. The van der Waals surface area contributed by atoms with Gasteiger partial charge in [-0.2, -0.15) is 0 Å². The highest BCUT2D eigenvalue weighted by Crippen LogP contribution is 2.33. The quantitative estimate of drug-likeness (QED) is 0.786. The lowest BCUT2D eigenvalue weighted by Gasteiger charge is -2.08. The fraction of sp³-hybridized carbons (Fsp3) is 0.400. The summed E-state index contributed by atoms with van der Waals surface area (Å²) in [4.78, 5) is 4.07. The van der Waals surface area contributed by atoms with E-state index in [0.29, 0.717) is 0 Å². The molecule has 1 aromatic carbocycles. The molecular formula is C15H18N2. The van der Waals surface area contributed by atoms with E-state index >= 15 is 0 Å². The minimum Gasteiger partial charge on any atom is -0.337 e. The average molecular weight is 226 g/mol. The van der Waals surface area contributed by atoms with Crippen LogP contribution in [0.3, 0.4) is 0 Å². The van der Waals surface area contributed by atoms with Gasteiger partial charge in [-0.15, -0.1) is 0 Å². The van der Waals surface area contributed by atoms with Crippen LogP contribution in [0.1, 0.15) is 36.0 Å². The Kier molecular flexibility index (Phi) is 2.71. The third kappa shape index (κ3) is 2.12. The summed E-state index contributed by atoms with van der Waals surface area (Å²) in [6.07, 6.45) is 9.42. The molecule has 1 atom stereocenters. The summed E-state index contributed by atoms with van der Waals surface area (Å²) in [5.74, 6) is 0.748. The van der Waals surface area contributed by atoms with Gasteiger partial charge in [0.15, 0.2) is 0 Å². The van der Waals surface area contributed by atoms with Crippen molar-refractivity contribution >= 4 is 0 Å². The Hall–Kier alpha value is -1.57. The van der Waals surface area contributed by atoms with Crippen LogP contribution in [0.5, 0.6) is 0 Å². The monoisotopic (exact) mass is 226 g/mol. The summed E-state index contributed by atoms with van der Waals surface area (Å²) in [5, 5.41) is 0. The maximum atomic E-state index is 4.07. The van der Waals surface area contributed by atoms with Gasteiger partial charge in [0.25, 0.3) is 0 Å². The standard InChI is InChI=1S/C15H18N2/c1-12-2-4-14-5-3-13(10-15(12)14)6-8-17-9-7-16-11-17/h3,5,7,9-12H,2,4,6,8H2,1H3/t12-/m0/s1. The van der Waals surface area contributed by atoms with Crippen molar-refractivity contribution in [2.75, 3.05) is 0 Å². The van der Waals surface area contributed by atoms with Crippen molar-refractivity contribution < 1.29 is 0 Å². The van der Waals surface area contributed by atoms with Crippen LogP contribution in [-0.4, -0.2) is 9.55 Å². The van der Waals surface area contributed by atoms with E-state index in [2.05, 4.69) is 34.7 Å². The Labute approximate surface area is 102 Å². The number of benzene rings is 1. The average Bonchev–Trinajstić information content (AvgIpc) is 2.97. The molecule has 0 amide bonds. The molecule has 0 spiro atoms. The molecule has 2 heteroatoms. The van der Waals surface area contributed by atoms with E-state index in [1.54, 1.807) is 11.1 Å². The van der Waals surface area contributed by atoms with Crippen molar-refractivity contribution in [3.8, 4) is 0 Å². The molecule has 3 rings (SSSR count). The minimum atomic E-state index is 0.748. The number of imidazole rings is 1. The van der Waals surface area contributed by atoms with Crippen LogP contribution in [0.2, 0.25) is 0 Å². The van der Waals surface area contributed by atoms with Crippen LogP contribution in [0, 0.1) is 0 Å². The van der Waals surface area contributed by atoms with Crippen molar-refractivity contribution in [3.05, 3.63) is 53.6 Å². The van der Waals surface area contributed by atoms with Gasteiger partial charge in [-0.3, -0.25) is 0 Å². The number of nitrogens with zero attached hydrogens (tertiary/aromatic N) is 2. The van der Waals surface area contributed by atoms with Crippen molar-refractivity contribution in [1.82, 2.24) is 9.55 Å². The van der Waals surface area contributed by atoms with Gasteiger partial charge in [0, 0.05) is 18.9 Å². The topological polar surface area (TPSA) is 17.8 Å². The summed E-state index contributed by atoms with van der Waals surface area (Å²) >= 11 is 0. The lowest BCUT2D eigenvalue weighted by atomic mass is 9.99. The van der Waals surface area contributed by atoms with Crippen LogP contribution in [0.25, 0.3) is 0 Å².